The van der Waals surface area contributed by atoms with Crippen molar-refractivity contribution in [3.8, 4) is 5.75 Å². The lowest BCUT2D eigenvalue weighted by Crippen LogP contribution is -2.51. The largest absolute Gasteiger partial charge is 0.493 e. The number of ether oxygens (including phenoxy) is 1. The van der Waals surface area contributed by atoms with Gasteiger partial charge in [0.25, 0.3) is 0 Å². The number of rotatable bonds is 3. The van der Waals surface area contributed by atoms with Gasteiger partial charge in [0, 0.05) is 38.5 Å². The Balaban J connectivity index is 0.00000208. The number of nitrogens with zero attached hydrogens (tertiary/aromatic N) is 1. The first-order valence-corrected chi connectivity index (χ1v) is 8.22. The van der Waals surface area contributed by atoms with Crippen molar-refractivity contribution in [2.45, 2.75) is 31.2 Å². The van der Waals surface area contributed by atoms with Crippen molar-refractivity contribution in [3.63, 3.8) is 0 Å². The molecule has 1 fully saturated rings. The third-order valence-corrected chi connectivity index (χ3v) is 4.43. The quantitative estimate of drug-likeness (QED) is 0.377. The smallest absolute Gasteiger partial charge is 0.220 e. The molecule has 1 aromatic rings. The molecule has 1 saturated heterocycles. The van der Waals surface area contributed by atoms with E-state index >= 15 is 0 Å². The van der Waals surface area contributed by atoms with Crippen LogP contribution in [0, 0.1) is 0 Å². The van der Waals surface area contributed by atoms with Gasteiger partial charge in [0.1, 0.15) is 5.75 Å². The first-order chi connectivity index (χ1) is 11.3. The van der Waals surface area contributed by atoms with Gasteiger partial charge in [-0.1, -0.05) is 18.2 Å². The number of halogens is 1. The summed E-state index contributed by atoms with van der Waals surface area (Å²) in [6.07, 6.45) is 2.41. The average Bonchev–Trinajstić information content (AvgIpc) is 2.60. The zero-order valence-electron chi connectivity index (χ0n) is 13.9. The molecule has 6 nitrogen and oxygen atoms in total. The molecule has 0 saturated carbocycles. The molecule has 1 aromatic carbocycles. The molecule has 132 valence electrons. The number of hydrogen-bond donors (Lipinski definition) is 3. The zero-order valence-corrected chi connectivity index (χ0v) is 16.2. The molecule has 3 rings (SSSR count). The van der Waals surface area contributed by atoms with E-state index in [9.17, 15) is 4.79 Å². The number of hydrogen-bond acceptors (Lipinski definition) is 3. The van der Waals surface area contributed by atoms with Gasteiger partial charge in [-0.25, -0.2) is 0 Å². The normalized spacial score (nSPS) is 23.2. The molecule has 0 radical (unpaired) electrons. The Bertz CT molecular complexity index is 584. The Morgan fingerprint density at radius 2 is 2.21 bits per heavy atom. The second-order valence-electron chi connectivity index (χ2n) is 6.01. The Morgan fingerprint density at radius 3 is 2.96 bits per heavy atom. The molecule has 24 heavy (non-hydrogen) atoms. The lowest BCUT2D eigenvalue weighted by atomic mass is 9.93. The van der Waals surface area contributed by atoms with Crippen molar-refractivity contribution in [1.82, 2.24) is 16.0 Å². The van der Waals surface area contributed by atoms with Crippen LogP contribution >= 0.6 is 24.0 Å². The zero-order chi connectivity index (χ0) is 16.1. The monoisotopic (exact) mass is 444 g/mol. The van der Waals surface area contributed by atoms with Gasteiger partial charge in [-0.2, -0.15) is 0 Å². The summed E-state index contributed by atoms with van der Waals surface area (Å²) >= 11 is 0. The number of nitrogens with one attached hydrogen (secondary N) is 3. The minimum Gasteiger partial charge on any atom is -0.493 e. The van der Waals surface area contributed by atoms with Crippen molar-refractivity contribution in [3.05, 3.63) is 29.8 Å². The van der Waals surface area contributed by atoms with Crippen molar-refractivity contribution in [2.24, 2.45) is 4.99 Å². The molecule has 1 amide bonds. The molecule has 7 heteroatoms. The maximum Gasteiger partial charge on any atom is 0.220 e. The number of aliphatic imine (C=N–C) groups is 1. The van der Waals surface area contributed by atoms with E-state index in [0.717, 1.165) is 37.7 Å². The third-order valence-electron chi connectivity index (χ3n) is 4.43. The Labute approximate surface area is 159 Å². The molecule has 2 atom stereocenters. The van der Waals surface area contributed by atoms with Crippen molar-refractivity contribution < 1.29 is 9.53 Å². The van der Waals surface area contributed by atoms with Crippen LogP contribution in [0.15, 0.2) is 29.3 Å². The van der Waals surface area contributed by atoms with E-state index < -0.39 is 0 Å². The van der Waals surface area contributed by atoms with E-state index in [-0.39, 0.29) is 35.9 Å². The van der Waals surface area contributed by atoms with Crippen LogP contribution in [0.5, 0.6) is 5.75 Å². The number of benzene rings is 1. The van der Waals surface area contributed by atoms with Gasteiger partial charge in [0.05, 0.1) is 6.61 Å². The SMILES string of the molecule is CN=C(NCC1CCOc2ccccc21)NC1CCC(=O)NC1.I. The van der Waals surface area contributed by atoms with E-state index in [0.29, 0.717) is 18.9 Å². The fourth-order valence-corrected chi connectivity index (χ4v) is 3.09. The fourth-order valence-electron chi connectivity index (χ4n) is 3.09. The minimum absolute atomic E-state index is 0. The summed E-state index contributed by atoms with van der Waals surface area (Å²) < 4.78 is 5.70. The Hall–Kier alpha value is -1.51. The van der Waals surface area contributed by atoms with Crippen molar-refractivity contribution >= 4 is 35.8 Å². The molecular formula is C17H25IN4O2. The number of fused-ring (bicyclic) bond motifs is 1. The summed E-state index contributed by atoms with van der Waals surface area (Å²) in [4.78, 5) is 15.5. The Kier molecular flexibility index (Phi) is 7.14. The maximum atomic E-state index is 11.2. The lowest BCUT2D eigenvalue weighted by Gasteiger charge is -2.28. The van der Waals surface area contributed by atoms with Crippen LogP contribution in [0.1, 0.15) is 30.7 Å². The molecule has 2 unspecified atom stereocenters. The highest BCUT2D eigenvalue weighted by atomic mass is 127. The summed E-state index contributed by atoms with van der Waals surface area (Å²) in [6.45, 7) is 2.23. The van der Waals surface area contributed by atoms with Gasteiger partial charge >= 0.3 is 0 Å². The second-order valence-corrected chi connectivity index (χ2v) is 6.01. The average molecular weight is 444 g/mol. The van der Waals surface area contributed by atoms with Crippen LogP contribution in [-0.2, 0) is 4.79 Å². The third kappa shape index (κ3) is 4.75. The highest BCUT2D eigenvalue weighted by Gasteiger charge is 2.22. The van der Waals surface area contributed by atoms with E-state index in [2.05, 4.69) is 33.1 Å². The number of para-hydroxylation sites is 1. The summed E-state index contributed by atoms with van der Waals surface area (Å²) in [5, 5.41) is 9.67. The first kappa shape index (κ1) is 18.8. The summed E-state index contributed by atoms with van der Waals surface area (Å²) in [5.41, 5.74) is 1.26. The number of amides is 1. The molecule has 3 N–H and O–H groups in total. The predicted molar refractivity (Wildman–Crippen MR) is 105 cm³/mol. The van der Waals surface area contributed by atoms with Crippen molar-refractivity contribution in [2.75, 3.05) is 26.7 Å². The van der Waals surface area contributed by atoms with E-state index in [1.54, 1.807) is 7.05 Å². The van der Waals surface area contributed by atoms with Gasteiger partial charge in [0.15, 0.2) is 5.96 Å². The van der Waals surface area contributed by atoms with E-state index in [4.69, 9.17) is 4.74 Å². The van der Waals surface area contributed by atoms with Crippen molar-refractivity contribution in [1.29, 1.82) is 0 Å². The highest BCUT2D eigenvalue weighted by molar-refractivity contribution is 14.0. The van der Waals surface area contributed by atoms with Gasteiger partial charge in [-0.3, -0.25) is 9.79 Å². The number of carbonyl (C=O) groups excluding carboxylic acids is 1. The van der Waals surface area contributed by atoms with Gasteiger partial charge < -0.3 is 20.7 Å². The standard InChI is InChI=1S/C17H24N4O2.HI/c1-18-17(21-13-6-7-16(22)19-11-13)20-10-12-8-9-23-15-5-3-2-4-14(12)15;/h2-5,12-13H,6-11H2,1H3,(H,19,22)(H2,18,20,21);1H. The lowest BCUT2D eigenvalue weighted by molar-refractivity contribution is -0.122. The van der Waals surface area contributed by atoms with Crippen LogP contribution in [0.3, 0.4) is 0 Å². The number of carbonyl (C=O) groups is 1. The summed E-state index contributed by atoms with van der Waals surface area (Å²) in [6, 6.07) is 8.46. The van der Waals surface area contributed by atoms with Crippen LogP contribution in [0.25, 0.3) is 0 Å². The van der Waals surface area contributed by atoms with E-state index in [1.807, 2.05) is 12.1 Å². The fraction of sp³-hybridized carbons (Fsp3) is 0.529. The van der Waals surface area contributed by atoms with Crippen LogP contribution in [0.4, 0.5) is 0 Å². The number of piperidine rings is 1. The van der Waals surface area contributed by atoms with Crippen LogP contribution in [-0.4, -0.2) is 44.7 Å². The molecule has 2 aliphatic heterocycles. The van der Waals surface area contributed by atoms with Crippen LogP contribution < -0.4 is 20.7 Å². The second kappa shape index (κ2) is 9.10. The van der Waals surface area contributed by atoms with Gasteiger partial charge in [-0.15, -0.1) is 24.0 Å². The van der Waals surface area contributed by atoms with Crippen LogP contribution in [0.2, 0.25) is 0 Å². The molecule has 0 aliphatic carbocycles. The predicted octanol–water partition coefficient (Wildman–Crippen LogP) is 1.61. The molecule has 0 bridgehead atoms. The first-order valence-electron chi connectivity index (χ1n) is 8.22. The molecule has 2 aliphatic rings. The van der Waals surface area contributed by atoms with Gasteiger partial charge in [0.2, 0.25) is 5.91 Å². The number of guanidine groups is 1. The maximum absolute atomic E-state index is 11.2. The Morgan fingerprint density at radius 1 is 1.38 bits per heavy atom. The van der Waals surface area contributed by atoms with E-state index in [1.165, 1.54) is 5.56 Å². The molecular weight excluding hydrogens is 419 g/mol. The summed E-state index contributed by atoms with van der Waals surface area (Å²) in [7, 11) is 1.77. The summed E-state index contributed by atoms with van der Waals surface area (Å²) in [5.74, 6) is 2.33. The molecule has 2 heterocycles. The van der Waals surface area contributed by atoms with Gasteiger partial charge in [-0.05, 0) is 24.5 Å². The topological polar surface area (TPSA) is 74.8 Å². The highest BCUT2D eigenvalue weighted by Crippen LogP contribution is 2.32. The molecule has 0 aromatic heterocycles. The minimum atomic E-state index is 0. The molecule has 0 spiro atoms.